The maximum Gasteiger partial charge on any atom is 0.409 e. The van der Waals surface area contributed by atoms with E-state index < -0.39 is 42.3 Å². The van der Waals surface area contributed by atoms with Gasteiger partial charge in [0.25, 0.3) is 0 Å². The van der Waals surface area contributed by atoms with Crippen LogP contribution in [0.4, 0.5) is 10.5 Å². The Hall–Kier alpha value is -2.63. The van der Waals surface area contributed by atoms with Crippen molar-refractivity contribution in [3.05, 3.63) is 46.5 Å². The number of methoxy groups -OCH3 is 2. The van der Waals surface area contributed by atoms with Crippen LogP contribution in [0.3, 0.4) is 0 Å². The molecule has 0 saturated carbocycles. The Morgan fingerprint density at radius 1 is 1.24 bits per heavy atom. The Balaban J connectivity index is 1.71. The van der Waals surface area contributed by atoms with E-state index in [0.717, 1.165) is 11.1 Å². The minimum Gasteiger partial charge on any atom is -0.495 e. The third-order valence-corrected chi connectivity index (χ3v) is 7.81. The predicted octanol–water partition coefficient (Wildman–Crippen LogP) is 2.73. The van der Waals surface area contributed by atoms with Gasteiger partial charge in [-0.05, 0) is 31.0 Å². The normalized spacial score (nSPS) is 34.1. The summed E-state index contributed by atoms with van der Waals surface area (Å²) in [4.78, 5) is 26.9. The number of anilines is 1. The van der Waals surface area contributed by atoms with E-state index in [9.17, 15) is 19.8 Å². The van der Waals surface area contributed by atoms with Crippen LogP contribution in [0.5, 0.6) is 5.75 Å². The molecule has 3 N–H and O–H groups in total. The zero-order chi connectivity index (χ0) is 27.8. The Morgan fingerprint density at radius 2 is 1.97 bits per heavy atom. The molecule has 0 aliphatic carbocycles. The summed E-state index contributed by atoms with van der Waals surface area (Å²) in [5, 5.41) is 24.9. The first-order chi connectivity index (χ1) is 18.0. The largest absolute Gasteiger partial charge is 0.495 e. The van der Waals surface area contributed by atoms with Crippen molar-refractivity contribution in [3.63, 3.8) is 0 Å². The lowest BCUT2D eigenvalue weighted by molar-refractivity contribution is -0.142. The maximum atomic E-state index is 13.1. The van der Waals surface area contributed by atoms with E-state index in [4.69, 9.17) is 30.5 Å². The molecular formula is C27H35ClN2O8. The van der Waals surface area contributed by atoms with E-state index in [-0.39, 0.29) is 24.7 Å². The molecule has 2 amide bonds. The highest BCUT2D eigenvalue weighted by Gasteiger charge is 2.54. The van der Waals surface area contributed by atoms with Crippen LogP contribution >= 0.6 is 11.6 Å². The van der Waals surface area contributed by atoms with Crippen LogP contribution in [0, 0.1) is 5.92 Å². The van der Waals surface area contributed by atoms with E-state index in [1.165, 1.54) is 19.1 Å². The van der Waals surface area contributed by atoms with Gasteiger partial charge in [-0.15, -0.1) is 0 Å². The van der Waals surface area contributed by atoms with Crippen molar-refractivity contribution in [2.75, 3.05) is 26.2 Å². The van der Waals surface area contributed by atoms with Gasteiger partial charge in [-0.3, -0.25) is 10.1 Å². The number of epoxide rings is 1. The molecule has 0 radical (unpaired) electrons. The summed E-state index contributed by atoms with van der Waals surface area (Å²) in [6, 6.07) is 3.63. The number of amides is 2. The number of nitrogens with one attached hydrogen (secondary N) is 1. The number of hydrogen-bond acceptors (Lipinski definition) is 8. The molecule has 11 heteroatoms. The lowest BCUT2D eigenvalue weighted by Crippen LogP contribution is -2.63. The number of fused-ring (bicyclic) bond motifs is 5. The van der Waals surface area contributed by atoms with Gasteiger partial charge in [-0.25, -0.2) is 4.79 Å². The first kappa shape index (κ1) is 28.4. The highest BCUT2D eigenvalue weighted by atomic mass is 35.5. The predicted molar refractivity (Wildman–Crippen MR) is 140 cm³/mol. The maximum absolute atomic E-state index is 13.1. The first-order valence-electron chi connectivity index (χ1n) is 12.5. The van der Waals surface area contributed by atoms with Crippen molar-refractivity contribution in [1.29, 1.82) is 0 Å². The Labute approximate surface area is 227 Å². The van der Waals surface area contributed by atoms with E-state index in [0.29, 0.717) is 22.9 Å². The summed E-state index contributed by atoms with van der Waals surface area (Å²) in [5.74, 6) is -0.280. The summed E-state index contributed by atoms with van der Waals surface area (Å²) in [6.45, 7) is 3.76. The van der Waals surface area contributed by atoms with Gasteiger partial charge < -0.3 is 34.1 Å². The summed E-state index contributed by atoms with van der Waals surface area (Å²) in [5.41, 5.74) is 0.585. The second-order valence-corrected chi connectivity index (χ2v) is 10.6. The Morgan fingerprint density at radius 3 is 2.66 bits per heavy atom. The second-order valence-electron chi connectivity index (χ2n) is 10.2. The molecule has 4 rings (SSSR count). The fourth-order valence-corrected chi connectivity index (χ4v) is 5.45. The summed E-state index contributed by atoms with van der Waals surface area (Å²) in [6.07, 6.45) is 1.19. The van der Waals surface area contributed by atoms with E-state index in [1.54, 1.807) is 19.2 Å². The van der Waals surface area contributed by atoms with E-state index in [2.05, 4.69) is 5.32 Å². The number of carbonyl (C=O) groups excluding carboxylic acids is 2. The number of aliphatic hydroxyl groups excluding tert-OH is 1. The van der Waals surface area contributed by atoms with Crippen LogP contribution < -0.4 is 15.0 Å². The third-order valence-electron chi connectivity index (χ3n) is 7.43. The van der Waals surface area contributed by atoms with Gasteiger partial charge in [0.2, 0.25) is 5.91 Å². The SMILES string of the molecule is COc1cc2cc(c1Cl)N(C)C(=O)C[C@H](O)[C@@H]1O[C@H]1[C@H](C)[C@@H]1C[C@@](O)(NC(=O)O1)[C@H](OC)C=CC=C(C)C2. The smallest absolute Gasteiger partial charge is 0.409 e. The average Bonchev–Trinajstić information content (AvgIpc) is 3.66. The second kappa shape index (κ2) is 11.2. The fraction of sp³-hybridized carbons (Fsp3) is 0.556. The van der Waals surface area contributed by atoms with Crippen LogP contribution in [0.1, 0.15) is 32.3 Å². The number of alkyl carbamates (subject to hydrolysis) is 1. The lowest BCUT2D eigenvalue weighted by Gasteiger charge is -2.41. The van der Waals surface area contributed by atoms with Crippen LogP contribution in [0.15, 0.2) is 35.9 Å². The number of halogens is 1. The standard InChI is InChI=1S/C27H35ClN2O8/c1-14-7-6-8-21(36-5)27(34)13-20(37-26(33)29-27)15(2)24-25(38-24)18(31)12-22(32)30(3)17-10-16(9-14)11-19(35-4)23(17)28/h6-8,10-11,15,18,20-21,24-25,31,34H,9,12-13H2,1-5H3,(H,29,33)/t15-,18+,20+,21-,24+,25+,27+/m1/s1. The van der Waals surface area contributed by atoms with Crippen molar-refractivity contribution in [1.82, 2.24) is 5.32 Å². The number of carbonyl (C=O) groups is 2. The van der Waals surface area contributed by atoms with Gasteiger partial charge in [-0.2, -0.15) is 0 Å². The van der Waals surface area contributed by atoms with Crippen LogP contribution in [0.2, 0.25) is 5.02 Å². The van der Waals surface area contributed by atoms with Crippen molar-refractivity contribution in [3.8, 4) is 5.75 Å². The molecule has 208 valence electrons. The van der Waals surface area contributed by atoms with Gasteiger partial charge in [0.1, 0.15) is 29.1 Å². The van der Waals surface area contributed by atoms with Crippen LogP contribution in [-0.2, 0) is 25.4 Å². The number of rotatable bonds is 2. The third kappa shape index (κ3) is 5.84. The molecule has 1 aromatic carbocycles. The quantitative estimate of drug-likeness (QED) is 0.479. The molecule has 3 aliphatic heterocycles. The Kier molecular flexibility index (Phi) is 8.39. The molecule has 1 aromatic rings. The molecule has 10 nitrogen and oxygen atoms in total. The monoisotopic (exact) mass is 550 g/mol. The number of hydrogen-bond donors (Lipinski definition) is 3. The van der Waals surface area contributed by atoms with Crippen molar-refractivity contribution >= 4 is 29.3 Å². The van der Waals surface area contributed by atoms with E-state index in [1.807, 2.05) is 32.1 Å². The number of allylic oxidation sites excluding steroid dienone is 3. The molecule has 0 spiro atoms. The van der Waals surface area contributed by atoms with Gasteiger partial charge in [0.15, 0.2) is 5.72 Å². The number of nitrogens with zero attached hydrogens (tertiary/aromatic N) is 1. The topological polar surface area (TPSA) is 130 Å². The zero-order valence-electron chi connectivity index (χ0n) is 22.1. The Bertz CT molecular complexity index is 1140. The molecule has 2 saturated heterocycles. The average molecular weight is 551 g/mol. The molecular weight excluding hydrogens is 516 g/mol. The summed E-state index contributed by atoms with van der Waals surface area (Å²) >= 11 is 6.55. The minimum absolute atomic E-state index is 0.0416. The summed E-state index contributed by atoms with van der Waals surface area (Å²) < 4.78 is 22.2. The molecule has 0 aromatic heterocycles. The van der Waals surface area contributed by atoms with Gasteiger partial charge in [-0.1, -0.05) is 42.3 Å². The molecule has 3 heterocycles. The highest BCUT2D eigenvalue weighted by molar-refractivity contribution is 6.35. The van der Waals surface area contributed by atoms with Crippen LogP contribution in [-0.4, -0.2) is 79.7 Å². The van der Waals surface area contributed by atoms with Crippen molar-refractivity contribution in [2.45, 2.75) is 69.4 Å². The fourth-order valence-electron chi connectivity index (χ4n) is 5.14. The highest BCUT2D eigenvalue weighted by Crippen LogP contribution is 2.40. The zero-order valence-corrected chi connectivity index (χ0v) is 22.9. The molecule has 0 unspecified atom stereocenters. The lowest BCUT2D eigenvalue weighted by atomic mass is 9.87. The van der Waals surface area contributed by atoms with E-state index >= 15 is 0 Å². The van der Waals surface area contributed by atoms with Crippen molar-refractivity contribution < 1.29 is 38.7 Å². The van der Waals surface area contributed by atoms with Crippen molar-refractivity contribution in [2.24, 2.45) is 5.92 Å². The molecule has 2 fully saturated rings. The van der Waals surface area contributed by atoms with Crippen LogP contribution in [0.25, 0.3) is 0 Å². The van der Waals surface area contributed by atoms with Gasteiger partial charge in [0, 0.05) is 26.5 Å². The molecule has 3 aliphatic rings. The van der Waals surface area contributed by atoms with Gasteiger partial charge >= 0.3 is 6.09 Å². The van der Waals surface area contributed by atoms with Gasteiger partial charge in [0.05, 0.1) is 31.4 Å². The molecule has 38 heavy (non-hydrogen) atoms. The molecule has 4 bridgehead atoms. The minimum atomic E-state index is -1.72. The summed E-state index contributed by atoms with van der Waals surface area (Å²) in [7, 11) is 4.55. The number of benzene rings is 1. The number of ether oxygens (including phenoxy) is 4. The first-order valence-corrected chi connectivity index (χ1v) is 12.9. The molecule has 7 atom stereocenters. The number of aliphatic hydroxyl groups is 2.